The van der Waals surface area contributed by atoms with Crippen molar-refractivity contribution in [3.8, 4) is 22.9 Å². The summed E-state index contributed by atoms with van der Waals surface area (Å²) in [7, 11) is -3.50. The van der Waals surface area contributed by atoms with Crippen LogP contribution in [-0.4, -0.2) is 64.4 Å². The van der Waals surface area contributed by atoms with E-state index < -0.39 is 16.1 Å². The first-order valence-electron chi connectivity index (χ1n) is 13.9. The zero-order valence-corrected chi connectivity index (χ0v) is 24.6. The minimum absolute atomic E-state index is 0.0314. The normalized spacial score (nSPS) is 15.4. The number of piperidine rings is 1. The van der Waals surface area contributed by atoms with E-state index >= 15 is 0 Å². The minimum atomic E-state index is -3.50. The molecule has 1 unspecified atom stereocenters. The van der Waals surface area contributed by atoms with E-state index in [1.807, 2.05) is 51.1 Å². The maximum absolute atomic E-state index is 12.6. The van der Waals surface area contributed by atoms with Gasteiger partial charge in [-0.1, -0.05) is 31.2 Å². The first kappa shape index (κ1) is 29.1. The number of benzene rings is 2. The second-order valence-electron chi connectivity index (χ2n) is 10.4. The summed E-state index contributed by atoms with van der Waals surface area (Å²) in [6, 6.07) is 12.9. The number of sulfonamides is 1. The second-order valence-corrected chi connectivity index (χ2v) is 12.3. The number of aromatic nitrogens is 3. The van der Waals surface area contributed by atoms with Gasteiger partial charge < -0.3 is 20.1 Å². The van der Waals surface area contributed by atoms with Crippen molar-refractivity contribution < 1.29 is 23.1 Å². The summed E-state index contributed by atoms with van der Waals surface area (Å²) < 4.78 is 34.5. The molecule has 0 aliphatic carbocycles. The maximum Gasteiger partial charge on any atom is 0.407 e. The SMILES string of the molecule is CCCS(=O)(=O)Nc1c(C)ccc2c(Oc3ncccc3-c3ccnc(NC4CCCN(C(=O)O)C4)n3)c(C)ccc12. The molecule has 1 aliphatic heterocycles. The third-order valence-corrected chi connectivity index (χ3v) is 8.67. The molecule has 220 valence electrons. The highest BCUT2D eigenvalue weighted by Crippen LogP contribution is 2.40. The number of anilines is 2. The summed E-state index contributed by atoms with van der Waals surface area (Å²) in [5.41, 5.74) is 3.42. The number of fused-ring (bicyclic) bond motifs is 1. The van der Waals surface area contributed by atoms with Crippen molar-refractivity contribution >= 4 is 38.5 Å². The van der Waals surface area contributed by atoms with Crippen LogP contribution in [-0.2, 0) is 10.0 Å². The lowest BCUT2D eigenvalue weighted by molar-refractivity contribution is 0.132. The van der Waals surface area contributed by atoms with Crippen molar-refractivity contribution in [2.75, 3.05) is 28.9 Å². The highest BCUT2D eigenvalue weighted by molar-refractivity contribution is 7.92. The Morgan fingerprint density at radius 3 is 2.64 bits per heavy atom. The molecule has 2 aromatic heterocycles. The number of amides is 1. The third-order valence-electron chi connectivity index (χ3n) is 7.21. The third kappa shape index (κ3) is 6.38. The van der Waals surface area contributed by atoms with Gasteiger partial charge in [0.2, 0.25) is 21.9 Å². The number of carboxylic acid groups (broad SMARTS) is 1. The molecular formula is C30H34N6O5S. The molecule has 3 heterocycles. The number of carbonyl (C=O) groups is 1. The van der Waals surface area contributed by atoms with Crippen molar-refractivity contribution in [3.63, 3.8) is 0 Å². The summed E-state index contributed by atoms with van der Waals surface area (Å²) in [6.45, 7) is 6.50. The average molecular weight is 591 g/mol. The molecule has 1 aliphatic rings. The largest absolute Gasteiger partial charge is 0.465 e. The van der Waals surface area contributed by atoms with Crippen LogP contribution in [0.25, 0.3) is 22.0 Å². The molecular weight excluding hydrogens is 556 g/mol. The average Bonchev–Trinajstić information content (AvgIpc) is 2.96. The van der Waals surface area contributed by atoms with E-state index in [1.54, 1.807) is 24.5 Å². The number of rotatable bonds is 9. The highest BCUT2D eigenvalue weighted by atomic mass is 32.2. The number of aryl methyl sites for hydroxylation is 2. The Labute approximate surface area is 245 Å². The maximum atomic E-state index is 12.6. The van der Waals surface area contributed by atoms with Crippen LogP contribution in [0.15, 0.2) is 54.9 Å². The summed E-state index contributed by atoms with van der Waals surface area (Å²) in [5.74, 6) is 1.32. The van der Waals surface area contributed by atoms with Gasteiger partial charge in [-0.2, -0.15) is 0 Å². The second kappa shape index (κ2) is 12.2. The Morgan fingerprint density at radius 1 is 1.07 bits per heavy atom. The van der Waals surface area contributed by atoms with E-state index in [9.17, 15) is 18.3 Å². The molecule has 1 saturated heterocycles. The van der Waals surface area contributed by atoms with Gasteiger partial charge in [0.15, 0.2) is 0 Å². The van der Waals surface area contributed by atoms with Crippen LogP contribution >= 0.6 is 0 Å². The van der Waals surface area contributed by atoms with Gasteiger partial charge in [0.25, 0.3) is 0 Å². The van der Waals surface area contributed by atoms with Crippen LogP contribution in [0.1, 0.15) is 37.3 Å². The molecule has 0 bridgehead atoms. The lowest BCUT2D eigenvalue weighted by Crippen LogP contribution is -2.44. The predicted octanol–water partition coefficient (Wildman–Crippen LogP) is 5.81. The summed E-state index contributed by atoms with van der Waals surface area (Å²) in [6.07, 6.45) is 4.43. The van der Waals surface area contributed by atoms with Crippen molar-refractivity contribution in [3.05, 3.63) is 66.0 Å². The van der Waals surface area contributed by atoms with E-state index in [0.717, 1.165) is 34.7 Å². The molecule has 0 spiro atoms. The van der Waals surface area contributed by atoms with Gasteiger partial charge in [-0.05, 0) is 62.4 Å². The Hall–Kier alpha value is -4.45. The Bertz CT molecular complexity index is 1730. The van der Waals surface area contributed by atoms with Gasteiger partial charge in [-0.25, -0.2) is 28.2 Å². The molecule has 0 saturated carbocycles. The Kier molecular flexibility index (Phi) is 8.44. The molecule has 0 radical (unpaired) electrons. The molecule has 5 rings (SSSR count). The monoisotopic (exact) mass is 590 g/mol. The standard InChI is InChI=1S/C30H34N6O5S/c1-4-17-42(39,40)35-26-19(2)9-12-23-22(26)11-10-20(3)27(23)41-28-24(8-5-14-31-28)25-13-15-32-29(34-25)33-21-7-6-16-36(18-21)30(37)38/h5,8-15,21,35H,4,6-7,16-18H2,1-3H3,(H,37,38)(H,32,33,34). The zero-order chi connectivity index (χ0) is 29.9. The van der Waals surface area contributed by atoms with Crippen LogP contribution in [0.4, 0.5) is 16.4 Å². The Balaban J connectivity index is 1.47. The van der Waals surface area contributed by atoms with Gasteiger partial charge >= 0.3 is 6.09 Å². The first-order chi connectivity index (χ1) is 20.1. The number of nitrogens with zero attached hydrogens (tertiary/aromatic N) is 4. The van der Waals surface area contributed by atoms with Crippen LogP contribution in [0, 0.1) is 13.8 Å². The Morgan fingerprint density at radius 2 is 1.86 bits per heavy atom. The minimum Gasteiger partial charge on any atom is -0.465 e. The fourth-order valence-electron chi connectivity index (χ4n) is 5.14. The fraction of sp³-hybridized carbons (Fsp3) is 0.333. The van der Waals surface area contributed by atoms with Crippen molar-refractivity contribution in [2.45, 2.75) is 46.1 Å². The van der Waals surface area contributed by atoms with E-state index in [2.05, 4.69) is 20.0 Å². The zero-order valence-electron chi connectivity index (χ0n) is 23.8. The number of hydrogen-bond acceptors (Lipinski definition) is 8. The van der Waals surface area contributed by atoms with Gasteiger partial charge in [0.05, 0.1) is 22.7 Å². The molecule has 4 aromatic rings. The van der Waals surface area contributed by atoms with Gasteiger partial charge in [-0.15, -0.1) is 0 Å². The number of ether oxygens (including phenoxy) is 1. The molecule has 3 N–H and O–H groups in total. The van der Waals surface area contributed by atoms with Gasteiger partial charge in [0.1, 0.15) is 5.75 Å². The van der Waals surface area contributed by atoms with E-state index in [1.165, 1.54) is 4.90 Å². The summed E-state index contributed by atoms with van der Waals surface area (Å²) >= 11 is 0. The van der Waals surface area contributed by atoms with Crippen LogP contribution in [0.3, 0.4) is 0 Å². The van der Waals surface area contributed by atoms with Crippen molar-refractivity contribution in [2.24, 2.45) is 0 Å². The smallest absolute Gasteiger partial charge is 0.407 e. The first-order valence-corrected chi connectivity index (χ1v) is 15.5. The highest BCUT2D eigenvalue weighted by Gasteiger charge is 2.24. The van der Waals surface area contributed by atoms with Crippen LogP contribution in [0.5, 0.6) is 11.6 Å². The van der Waals surface area contributed by atoms with Crippen LogP contribution in [0.2, 0.25) is 0 Å². The molecule has 1 atom stereocenters. The van der Waals surface area contributed by atoms with E-state index in [-0.39, 0.29) is 11.8 Å². The van der Waals surface area contributed by atoms with Crippen molar-refractivity contribution in [1.29, 1.82) is 0 Å². The van der Waals surface area contributed by atoms with Gasteiger partial charge in [0, 0.05) is 42.3 Å². The molecule has 2 aromatic carbocycles. The number of hydrogen-bond donors (Lipinski definition) is 3. The summed E-state index contributed by atoms with van der Waals surface area (Å²) in [5, 5.41) is 14.1. The number of likely N-dealkylation sites (tertiary alicyclic amines) is 1. The molecule has 1 amide bonds. The lowest BCUT2D eigenvalue weighted by Gasteiger charge is -2.31. The van der Waals surface area contributed by atoms with Crippen LogP contribution < -0.4 is 14.8 Å². The quantitative estimate of drug-likeness (QED) is 0.220. The van der Waals surface area contributed by atoms with Crippen molar-refractivity contribution in [1.82, 2.24) is 19.9 Å². The summed E-state index contributed by atoms with van der Waals surface area (Å²) in [4.78, 5) is 26.4. The molecule has 11 nitrogen and oxygen atoms in total. The fourth-order valence-corrected chi connectivity index (χ4v) is 6.36. The van der Waals surface area contributed by atoms with E-state index in [4.69, 9.17) is 9.72 Å². The van der Waals surface area contributed by atoms with E-state index in [0.29, 0.717) is 54.0 Å². The topological polar surface area (TPSA) is 147 Å². The number of pyridine rings is 1. The van der Waals surface area contributed by atoms with Gasteiger partial charge in [-0.3, -0.25) is 4.72 Å². The molecule has 1 fully saturated rings. The number of nitrogens with one attached hydrogen (secondary N) is 2. The molecule has 12 heteroatoms. The predicted molar refractivity (Wildman–Crippen MR) is 163 cm³/mol. The molecule has 42 heavy (non-hydrogen) atoms. The lowest BCUT2D eigenvalue weighted by atomic mass is 10.0.